The Bertz CT molecular complexity index is 594. The molecule has 4 rings (SSSR count). The van der Waals surface area contributed by atoms with E-state index in [-0.39, 0.29) is 23.9 Å². The summed E-state index contributed by atoms with van der Waals surface area (Å²) in [5, 5.41) is 21.4. The molecule has 0 radical (unpaired) electrons. The molecular formula is C18H21ClO4. The largest absolute Gasteiger partial charge is 0.392 e. The fourth-order valence-corrected chi connectivity index (χ4v) is 4.39. The highest BCUT2D eigenvalue weighted by Gasteiger charge is 2.64. The van der Waals surface area contributed by atoms with Crippen LogP contribution in [0.25, 0.3) is 0 Å². The molecule has 1 saturated heterocycles. The number of aliphatic hydroxyl groups excluding tert-OH is 2. The fourth-order valence-electron chi connectivity index (χ4n) is 4.26. The lowest BCUT2D eigenvalue weighted by Crippen LogP contribution is -2.54. The van der Waals surface area contributed by atoms with E-state index in [0.717, 1.165) is 18.4 Å². The van der Waals surface area contributed by atoms with Crippen LogP contribution >= 0.6 is 11.6 Å². The first kappa shape index (κ1) is 15.6. The molecule has 1 heterocycles. The molecule has 0 bridgehead atoms. The lowest BCUT2D eigenvalue weighted by Gasteiger charge is -2.48. The van der Waals surface area contributed by atoms with Crippen molar-refractivity contribution in [2.75, 3.05) is 13.2 Å². The van der Waals surface area contributed by atoms with Gasteiger partial charge in [0.15, 0.2) is 5.79 Å². The summed E-state index contributed by atoms with van der Waals surface area (Å²) in [6.07, 6.45) is 4.24. The molecule has 5 atom stereocenters. The molecule has 124 valence electrons. The predicted molar refractivity (Wildman–Crippen MR) is 85.9 cm³/mol. The summed E-state index contributed by atoms with van der Waals surface area (Å²) < 4.78 is 11.5. The molecule has 2 saturated carbocycles. The third kappa shape index (κ3) is 2.63. The Kier molecular flexibility index (Phi) is 3.98. The van der Waals surface area contributed by atoms with Gasteiger partial charge in [-0.1, -0.05) is 35.9 Å². The van der Waals surface area contributed by atoms with E-state index in [2.05, 4.69) is 0 Å². The lowest BCUT2D eigenvalue weighted by atomic mass is 9.69. The van der Waals surface area contributed by atoms with Gasteiger partial charge in [-0.2, -0.15) is 0 Å². The molecule has 23 heavy (non-hydrogen) atoms. The summed E-state index contributed by atoms with van der Waals surface area (Å²) in [5.41, 5.74) is 0.792. The van der Waals surface area contributed by atoms with Crippen LogP contribution in [0.15, 0.2) is 36.4 Å². The maximum Gasteiger partial charge on any atom is 0.172 e. The molecule has 5 heteroatoms. The number of fused-ring (bicyclic) bond motifs is 2. The van der Waals surface area contributed by atoms with Gasteiger partial charge in [-0.15, -0.1) is 0 Å². The van der Waals surface area contributed by atoms with E-state index in [1.54, 1.807) is 30.3 Å². The monoisotopic (exact) mass is 336 g/mol. The maximum absolute atomic E-state index is 10.5. The van der Waals surface area contributed by atoms with Crippen molar-refractivity contribution in [3.63, 3.8) is 0 Å². The van der Waals surface area contributed by atoms with Gasteiger partial charge in [-0.3, -0.25) is 0 Å². The Labute approximate surface area is 140 Å². The number of hydrogen-bond acceptors (Lipinski definition) is 4. The van der Waals surface area contributed by atoms with Crippen LogP contribution in [0, 0.1) is 17.8 Å². The molecule has 1 aromatic rings. The molecule has 2 N–H and O–H groups in total. The third-order valence-corrected chi connectivity index (χ3v) is 5.79. The second-order valence-electron chi connectivity index (χ2n) is 6.75. The maximum atomic E-state index is 10.5. The van der Waals surface area contributed by atoms with Gasteiger partial charge < -0.3 is 19.7 Å². The second kappa shape index (κ2) is 5.87. The van der Waals surface area contributed by atoms with Gasteiger partial charge in [0.1, 0.15) is 0 Å². The van der Waals surface area contributed by atoms with Crippen LogP contribution in [0.4, 0.5) is 0 Å². The molecule has 0 amide bonds. The summed E-state index contributed by atoms with van der Waals surface area (Å²) in [4.78, 5) is 0. The fraction of sp³-hybridized carbons (Fsp3) is 0.556. The van der Waals surface area contributed by atoms with E-state index in [1.165, 1.54) is 0 Å². The number of ether oxygens (including phenoxy) is 2. The van der Waals surface area contributed by atoms with Gasteiger partial charge in [0.2, 0.25) is 0 Å². The minimum Gasteiger partial charge on any atom is -0.392 e. The zero-order valence-electron chi connectivity index (χ0n) is 12.8. The number of hydrogen-bond donors (Lipinski definition) is 2. The van der Waals surface area contributed by atoms with Crippen molar-refractivity contribution in [2.24, 2.45) is 17.8 Å². The average Bonchev–Trinajstić information content (AvgIpc) is 3.12. The average molecular weight is 337 g/mol. The highest BCUT2D eigenvalue weighted by atomic mass is 35.5. The quantitative estimate of drug-likeness (QED) is 0.833. The second-order valence-corrected chi connectivity index (χ2v) is 7.19. The summed E-state index contributed by atoms with van der Waals surface area (Å²) in [7, 11) is 0. The molecular weight excluding hydrogens is 316 g/mol. The van der Waals surface area contributed by atoms with Crippen molar-refractivity contribution >= 4 is 11.6 Å². The molecule has 1 spiro atoms. The van der Waals surface area contributed by atoms with Crippen molar-refractivity contribution in [2.45, 2.75) is 30.8 Å². The minimum atomic E-state index is -0.689. The third-order valence-electron chi connectivity index (χ3n) is 5.53. The van der Waals surface area contributed by atoms with E-state index in [4.69, 9.17) is 21.1 Å². The van der Waals surface area contributed by atoms with Gasteiger partial charge in [0, 0.05) is 23.3 Å². The highest BCUT2D eigenvalue weighted by molar-refractivity contribution is 6.30. The van der Waals surface area contributed by atoms with Crippen LogP contribution in [0.5, 0.6) is 0 Å². The van der Waals surface area contributed by atoms with Crippen molar-refractivity contribution < 1.29 is 19.7 Å². The first-order valence-corrected chi connectivity index (χ1v) is 8.55. The smallest absolute Gasteiger partial charge is 0.172 e. The molecule has 0 aromatic heterocycles. The van der Waals surface area contributed by atoms with Gasteiger partial charge in [0.25, 0.3) is 0 Å². The van der Waals surface area contributed by atoms with Crippen molar-refractivity contribution in [1.29, 1.82) is 0 Å². The van der Waals surface area contributed by atoms with E-state index in [1.807, 2.05) is 6.08 Å². The molecule has 2 aliphatic carbocycles. The normalized spacial score (nSPS) is 36.3. The molecule has 1 aliphatic heterocycles. The van der Waals surface area contributed by atoms with E-state index < -0.39 is 11.9 Å². The Balaban J connectivity index is 1.42. The van der Waals surface area contributed by atoms with Crippen LogP contribution in [-0.4, -0.2) is 35.3 Å². The first-order chi connectivity index (χ1) is 11.1. The summed E-state index contributed by atoms with van der Waals surface area (Å²) in [6.45, 7) is 1.30. The van der Waals surface area contributed by atoms with E-state index in [9.17, 15) is 10.2 Å². The SMILES string of the molecule is OC(C=CC1C[C@H]2[C@@H](CC23OCCO3)C1O)c1ccc(Cl)cc1. The molecule has 3 aliphatic rings. The zero-order chi connectivity index (χ0) is 16.0. The summed E-state index contributed by atoms with van der Waals surface area (Å²) in [6, 6.07) is 7.14. The van der Waals surface area contributed by atoms with Crippen LogP contribution in [0.3, 0.4) is 0 Å². The molecule has 4 nitrogen and oxygen atoms in total. The Hall–Kier alpha value is -0.910. The molecule has 3 unspecified atom stereocenters. The number of aliphatic hydroxyl groups is 2. The zero-order valence-corrected chi connectivity index (χ0v) is 13.5. The lowest BCUT2D eigenvalue weighted by molar-refractivity contribution is -0.275. The van der Waals surface area contributed by atoms with Crippen LogP contribution in [-0.2, 0) is 9.47 Å². The number of rotatable bonds is 3. The van der Waals surface area contributed by atoms with Crippen LogP contribution in [0.1, 0.15) is 24.5 Å². The molecule has 3 fully saturated rings. The standard InChI is InChI=1S/C18H21ClO4/c19-13-4-1-11(2-5-13)16(20)6-3-12-9-15-14(17(12)21)10-18(15)22-7-8-23-18/h1-6,12,14-17,20-21H,7-10H2/t12?,14-,15+,16?,17?/m1/s1. The van der Waals surface area contributed by atoms with E-state index in [0.29, 0.717) is 18.2 Å². The highest BCUT2D eigenvalue weighted by Crippen LogP contribution is 2.59. The first-order valence-electron chi connectivity index (χ1n) is 8.17. The van der Waals surface area contributed by atoms with Crippen LogP contribution in [0.2, 0.25) is 5.02 Å². The van der Waals surface area contributed by atoms with Gasteiger partial charge in [-0.25, -0.2) is 0 Å². The number of benzene rings is 1. The molecule has 1 aromatic carbocycles. The van der Waals surface area contributed by atoms with Gasteiger partial charge >= 0.3 is 0 Å². The van der Waals surface area contributed by atoms with E-state index >= 15 is 0 Å². The van der Waals surface area contributed by atoms with Gasteiger partial charge in [0.05, 0.1) is 25.4 Å². The Morgan fingerprint density at radius 2 is 1.91 bits per heavy atom. The topological polar surface area (TPSA) is 58.9 Å². The predicted octanol–water partition coefficient (Wildman–Crippen LogP) is 2.69. The Morgan fingerprint density at radius 1 is 1.22 bits per heavy atom. The summed E-state index contributed by atoms with van der Waals surface area (Å²) in [5.74, 6) is 0.111. The van der Waals surface area contributed by atoms with Crippen molar-refractivity contribution in [3.05, 3.63) is 47.0 Å². The van der Waals surface area contributed by atoms with Crippen LogP contribution < -0.4 is 0 Å². The Morgan fingerprint density at radius 3 is 2.61 bits per heavy atom. The minimum absolute atomic E-state index is 0.0409. The van der Waals surface area contributed by atoms with Gasteiger partial charge in [-0.05, 0) is 30.0 Å². The summed E-state index contributed by atoms with van der Waals surface area (Å²) >= 11 is 5.86. The van der Waals surface area contributed by atoms with Crippen molar-refractivity contribution in [1.82, 2.24) is 0 Å². The van der Waals surface area contributed by atoms with Crippen molar-refractivity contribution in [3.8, 4) is 0 Å². The number of halogens is 1.